The summed E-state index contributed by atoms with van der Waals surface area (Å²) in [6, 6.07) is 14.5. The van der Waals surface area contributed by atoms with Gasteiger partial charge in [0.25, 0.3) is 5.91 Å². The minimum Gasteiger partial charge on any atom is -0.455 e. The van der Waals surface area contributed by atoms with Gasteiger partial charge in [0.1, 0.15) is 11.9 Å². The van der Waals surface area contributed by atoms with Crippen molar-refractivity contribution in [3.05, 3.63) is 59.9 Å². The molecule has 0 unspecified atom stereocenters. The monoisotopic (exact) mass is 344 g/mol. The lowest BCUT2D eigenvalue weighted by atomic mass is 10.2. The molecule has 2 aromatic carbocycles. The summed E-state index contributed by atoms with van der Waals surface area (Å²) in [6.07, 6.45) is 0. The van der Waals surface area contributed by atoms with Crippen molar-refractivity contribution >= 4 is 29.3 Å². The average Bonchev–Trinajstić information content (AvgIpc) is 2.59. The van der Waals surface area contributed by atoms with Gasteiger partial charge in [0.05, 0.1) is 17.0 Å². The molecule has 0 fully saturated rings. The van der Waals surface area contributed by atoms with Gasteiger partial charge in [0.2, 0.25) is 0 Å². The summed E-state index contributed by atoms with van der Waals surface area (Å²) in [4.78, 5) is 23.7. The highest BCUT2D eigenvalue weighted by Crippen LogP contribution is 2.21. The number of carbonyl (C=O) groups is 2. The van der Waals surface area contributed by atoms with Gasteiger partial charge in [-0.2, -0.15) is 5.26 Å². The lowest BCUT2D eigenvalue weighted by molar-refractivity contribution is -0.144. The molecular formula is C17H13FN2O3S. The van der Waals surface area contributed by atoms with Gasteiger partial charge in [0.15, 0.2) is 6.61 Å². The largest absolute Gasteiger partial charge is 0.455 e. The van der Waals surface area contributed by atoms with Crippen LogP contribution in [0.15, 0.2) is 53.4 Å². The van der Waals surface area contributed by atoms with E-state index in [0.717, 1.165) is 11.8 Å². The summed E-state index contributed by atoms with van der Waals surface area (Å²) in [5.74, 6) is -1.71. The standard InChI is InChI=1S/C17H13FN2O3S/c18-13-6-2-4-8-15(13)24-11-17(22)23-10-16(21)20-14-7-3-1-5-12(14)9-19/h1-8H,10-11H2,(H,20,21). The van der Waals surface area contributed by atoms with E-state index >= 15 is 0 Å². The van der Waals surface area contributed by atoms with Crippen molar-refractivity contribution < 1.29 is 18.7 Å². The third kappa shape index (κ3) is 5.11. The van der Waals surface area contributed by atoms with E-state index in [1.807, 2.05) is 6.07 Å². The van der Waals surface area contributed by atoms with Gasteiger partial charge in [-0.1, -0.05) is 24.3 Å². The van der Waals surface area contributed by atoms with Gasteiger partial charge >= 0.3 is 5.97 Å². The number of halogens is 1. The summed E-state index contributed by atoms with van der Waals surface area (Å²) in [5.41, 5.74) is 0.661. The number of rotatable bonds is 6. The van der Waals surface area contributed by atoms with Crippen molar-refractivity contribution in [2.24, 2.45) is 0 Å². The highest BCUT2D eigenvalue weighted by atomic mass is 32.2. The third-order valence-electron chi connectivity index (χ3n) is 2.87. The van der Waals surface area contributed by atoms with Gasteiger partial charge in [-0.05, 0) is 24.3 Å². The van der Waals surface area contributed by atoms with E-state index in [0.29, 0.717) is 16.1 Å². The van der Waals surface area contributed by atoms with E-state index in [1.54, 1.807) is 42.5 Å². The quantitative estimate of drug-likeness (QED) is 0.644. The molecule has 0 atom stereocenters. The smallest absolute Gasteiger partial charge is 0.316 e. The molecule has 0 spiro atoms. The lowest BCUT2D eigenvalue weighted by Crippen LogP contribution is -2.22. The minimum atomic E-state index is -0.632. The molecule has 0 aliphatic carbocycles. The predicted molar refractivity (Wildman–Crippen MR) is 87.9 cm³/mol. The maximum atomic E-state index is 13.4. The van der Waals surface area contributed by atoms with E-state index in [-0.39, 0.29) is 5.75 Å². The molecule has 0 saturated carbocycles. The van der Waals surface area contributed by atoms with Crippen molar-refractivity contribution in [2.45, 2.75) is 4.90 Å². The van der Waals surface area contributed by atoms with Gasteiger partial charge < -0.3 is 10.1 Å². The molecule has 0 radical (unpaired) electrons. The molecular weight excluding hydrogens is 331 g/mol. The van der Waals surface area contributed by atoms with Crippen LogP contribution < -0.4 is 5.32 Å². The fourth-order valence-electron chi connectivity index (χ4n) is 1.76. The summed E-state index contributed by atoms with van der Waals surface area (Å²) in [7, 11) is 0. The molecule has 0 heterocycles. The highest BCUT2D eigenvalue weighted by molar-refractivity contribution is 8.00. The molecule has 0 saturated heterocycles. The molecule has 122 valence electrons. The molecule has 0 aliphatic rings. The Balaban J connectivity index is 1.78. The molecule has 24 heavy (non-hydrogen) atoms. The number of hydrogen-bond acceptors (Lipinski definition) is 5. The second-order valence-corrected chi connectivity index (χ2v) is 5.60. The van der Waals surface area contributed by atoms with Crippen LogP contribution in [-0.4, -0.2) is 24.2 Å². The number of nitrogens with zero attached hydrogens (tertiary/aromatic N) is 1. The van der Waals surface area contributed by atoms with E-state index in [2.05, 4.69) is 5.32 Å². The summed E-state index contributed by atoms with van der Waals surface area (Å²) < 4.78 is 18.2. The van der Waals surface area contributed by atoms with Crippen LogP contribution in [0.4, 0.5) is 10.1 Å². The number of nitriles is 1. The van der Waals surface area contributed by atoms with Gasteiger partial charge in [-0.15, -0.1) is 11.8 Å². The first-order chi connectivity index (χ1) is 11.6. The summed E-state index contributed by atoms with van der Waals surface area (Å²) in [6.45, 7) is -0.476. The average molecular weight is 344 g/mol. The first-order valence-corrected chi connectivity index (χ1v) is 7.90. The van der Waals surface area contributed by atoms with E-state index in [9.17, 15) is 14.0 Å². The number of amides is 1. The van der Waals surface area contributed by atoms with Crippen molar-refractivity contribution in [1.82, 2.24) is 0 Å². The summed E-state index contributed by atoms with van der Waals surface area (Å²) in [5, 5.41) is 11.4. The Kier molecular flexibility index (Phi) is 6.34. The van der Waals surface area contributed by atoms with Crippen LogP contribution in [0, 0.1) is 17.1 Å². The Morgan fingerprint density at radius 2 is 1.88 bits per heavy atom. The van der Waals surface area contributed by atoms with Crippen molar-refractivity contribution in [3.63, 3.8) is 0 Å². The second-order valence-electron chi connectivity index (χ2n) is 4.59. The molecule has 2 aromatic rings. The molecule has 0 bridgehead atoms. The van der Waals surface area contributed by atoms with Crippen LogP contribution in [0.3, 0.4) is 0 Å². The fourth-order valence-corrected chi connectivity index (χ4v) is 2.50. The van der Waals surface area contributed by atoms with E-state index in [1.165, 1.54) is 6.07 Å². The zero-order valence-corrected chi connectivity index (χ0v) is 13.3. The molecule has 1 N–H and O–H groups in total. The number of hydrogen-bond donors (Lipinski definition) is 1. The number of esters is 1. The summed E-state index contributed by atoms with van der Waals surface area (Å²) >= 11 is 0.993. The van der Waals surface area contributed by atoms with Crippen molar-refractivity contribution in [3.8, 4) is 6.07 Å². The van der Waals surface area contributed by atoms with Crippen LogP contribution in [0.5, 0.6) is 0 Å². The zero-order chi connectivity index (χ0) is 17.4. The van der Waals surface area contributed by atoms with Gasteiger partial charge in [-0.3, -0.25) is 9.59 Å². The first-order valence-electron chi connectivity index (χ1n) is 6.92. The third-order valence-corrected chi connectivity index (χ3v) is 3.89. The maximum Gasteiger partial charge on any atom is 0.316 e. The number of carbonyl (C=O) groups excluding carboxylic acids is 2. The van der Waals surface area contributed by atoms with E-state index in [4.69, 9.17) is 10.00 Å². The van der Waals surface area contributed by atoms with Crippen LogP contribution in [0.1, 0.15) is 5.56 Å². The van der Waals surface area contributed by atoms with Crippen LogP contribution in [0.25, 0.3) is 0 Å². The number of thioether (sulfide) groups is 1. The minimum absolute atomic E-state index is 0.108. The molecule has 2 rings (SSSR count). The zero-order valence-electron chi connectivity index (χ0n) is 12.5. The van der Waals surface area contributed by atoms with E-state index < -0.39 is 24.3 Å². The number of ether oxygens (including phenoxy) is 1. The number of benzene rings is 2. The van der Waals surface area contributed by atoms with Crippen molar-refractivity contribution in [1.29, 1.82) is 5.26 Å². The first kappa shape index (κ1) is 17.5. The fraction of sp³-hybridized carbons (Fsp3) is 0.118. The Morgan fingerprint density at radius 1 is 1.17 bits per heavy atom. The van der Waals surface area contributed by atoms with Crippen molar-refractivity contribution in [2.75, 3.05) is 17.7 Å². The lowest BCUT2D eigenvalue weighted by Gasteiger charge is -2.08. The molecule has 0 aromatic heterocycles. The Labute approximate surface area is 142 Å². The number of anilines is 1. The topological polar surface area (TPSA) is 79.2 Å². The number of para-hydroxylation sites is 1. The van der Waals surface area contributed by atoms with Gasteiger partial charge in [-0.25, -0.2) is 4.39 Å². The molecule has 5 nitrogen and oxygen atoms in total. The Hall–Kier alpha value is -2.85. The molecule has 1 amide bonds. The predicted octanol–water partition coefficient (Wildman–Crippen LogP) is 2.97. The van der Waals surface area contributed by atoms with Crippen LogP contribution in [0.2, 0.25) is 0 Å². The highest BCUT2D eigenvalue weighted by Gasteiger charge is 2.11. The second kappa shape index (κ2) is 8.70. The molecule has 7 heteroatoms. The molecule has 0 aliphatic heterocycles. The Bertz CT molecular complexity index is 789. The normalized spacial score (nSPS) is 9.83. The van der Waals surface area contributed by atoms with Gasteiger partial charge in [0, 0.05) is 4.90 Å². The van der Waals surface area contributed by atoms with Crippen LogP contribution in [-0.2, 0) is 14.3 Å². The maximum absolute atomic E-state index is 13.4. The Morgan fingerprint density at radius 3 is 2.62 bits per heavy atom. The van der Waals surface area contributed by atoms with Crippen LogP contribution >= 0.6 is 11.8 Å². The SMILES string of the molecule is N#Cc1ccccc1NC(=O)COC(=O)CSc1ccccc1F. The number of nitrogens with one attached hydrogen (secondary N) is 1.